The normalized spacial score (nSPS) is 22.6. The molecule has 1 fully saturated rings. The van der Waals surface area contributed by atoms with Gasteiger partial charge < -0.3 is 10.6 Å². The van der Waals surface area contributed by atoms with Crippen LogP contribution in [0.4, 0.5) is 0 Å². The standard InChI is InChI=1S/C13H26N2O/c1-10(2)8-13(3,4)12(16)15-7-5-6-11(14)9-15/h10-11H,5-9,14H2,1-4H3. The van der Waals surface area contributed by atoms with Crippen LogP contribution >= 0.6 is 0 Å². The number of amides is 1. The number of carbonyl (C=O) groups is 1. The molecule has 1 amide bonds. The van der Waals surface area contributed by atoms with Crippen molar-refractivity contribution in [3.63, 3.8) is 0 Å². The first-order chi connectivity index (χ1) is 7.33. The van der Waals surface area contributed by atoms with Gasteiger partial charge in [0.25, 0.3) is 0 Å². The Morgan fingerprint density at radius 2 is 2.12 bits per heavy atom. The lowest BCUT2D eigenvalue weighted by Gasteiger charge is -2.37. The van der Waals surface area contributed by atoms with E-state index in [1.165, 1.54) is 0 Å². The van der Waals surface area contributed by atoms with Crippen molar-refractivity contribution in [3.8, 4) is 0 Å². The lowest BCUT2D eigenvalue weighted by molar-refractivity contribution is -0.142. The first kappa shape index (κ1) is 13.5. The average Bonchev–Trinajstić information content (AvgIpc) is 2.14. The summed E-state index contributed by atoms with van der Waals surface area (Å²) in [4.78, 5) is 14.3. The SMILES string of the molecule is CC(C)CC(C)(C)C(=O)N1CCCC(N)C1. The van der Waals surface area contributed by atoms with Crippen molar-refractivity contribution in [1.29, 1.82) is 0 Å². The fourth-order valence-electron chi connectivity index (χ4n) is 2.73. The van der Waals surface area contributed by atoms with Crippen LogP contribution in [0.15, 0.2) is 0 Å². The van der Waals surface area contributed by atoms with Gasteiger partial charge in [-0.05, 0) is 25.2 Å². The zero-order valence-electron chi connectivity index (χ0n) is 11.1. The monoisotopic (exact) mass is 226 g/mol. The van der Waals surface area contributed by atoms with Gasteiger partial charge in [-0.25, -0.2) is 0 Å². The van der Waals surface area contributed by atoms with Crippen molar-refractivity contribution >= 4 is 5.91 Å². The zero-order chi connectivity index (χ0) is 12.3. The third-order valence-corrected chi connectivity index (χ3v) is 3.24. The van der Waals surface area contributed by atoms with Gasteiger partial charge in [-0.3, -0.25) is 4.79 Å². The van der Waals surface area contributed by atoms with Crippen molar-refractivity contribution in [2.75, 3.05) is 13.1 Å². The quantitative estimate of drug-likeness (QED) is 0.800. The minimum absolute atomic E-state index is 0.174. The summed E-state index contributed by atoms with van der Waals surface area (Å²) in [6.45, 7) is 10.0. The van der Waals surface area contributed by atoms with Crippen LogP contribution < -0.4 is 5.73 Å². The van der Waals surface area contributed by atoms with Gasteiger partial charge in [0, 0.05) is 24.5 Å². The molecular weight excluding hydrogens is 200 g/mol. The van der Waals surface area contributed by atoms with Gasteiger partial charge in [0.2, 0.25) is 5.91 Å². The predicted molar refractivity (Wildman–Crippen MR) is 67.0 cm³/mol. The largest absolute Gasteiger partial charge is 0.341 e. The van der Waals surface area contributed by atoms with E-state index in [0.717, 1.165) is 32.4 Å². The summed E-state index contributed by atoms with van der Waals surface area (Å²) >= 11 is 0. The van der Waals surface area contributed by atoms with Crippen molar-refractivity contribution in [1.82, 2.24) is 4.90 Å². The molecule has 0 aromatic carbocycles. The van der Waals surface area contributed by atoms with Crippen molar-refractivity contribution < 1.29 is 4.79 Å². The number of rotatable bonds is 3. The Kier molecular flexibility index (Phi) is 4.36. The Morgan fingerprint density at radius 1 is 1.50 bits per heavy atom. The van der Waals surface area contributed by atoms with Crippen LogP contribution in [-0.2, 0) is 4.79 Å². The van der Waals surface area contributed by atoms with E-state index >= 15 is 0 Å². The second-order valence-electron chi connectivity index (χ2n) is 6.14. The molecule has 1 rings (SSSR count). The summed E-state index contributed by atoms with van der Waals surface area (Å²) in [5, 5.41) is 0. The second-order valence-corrected chi connectivity index (χ2v) is 6.14. The summed E-state index contributed by atoms with van der Waals surface area (Å²) in [6.07, 6.45) is 3.04. The molecule has 16 heavy (non-hydrogen) atoms. The minimum Gasteiger partial charge on any atom is -0.341 e. The molecular formula is C13H26N2O. The third kappa shape index (κ3) is 3.48. The van der Waals surface area contributed by atoms with Crippen LogP contribution in [0.2, 0.25) is 0 Å². The maximum Gasteiger partial charge on any atom is 0.228 e. The molecule has 2 N–H and O–H groups in total. The number of carbonyl (C=O) groups excluding carboxylic acids is 1. The summed E-state index contributed by atoms with van der Waals surface area (Å²) in [7, 11) is 0. The van der Waals surface area contributed by atoms with Gasteiger partial charge in [-0.1, -0.05) is 27.7 Å². The number of nitrogens with zero attached hydrogens (tertiary/aromatic N) is 1. The Labute approximate surface area is 99.4 Å². The van der Waals surface area contributed by atoms with Gasteiger partial charge in [0.15, 0.2) is 0 Å². The number of hydrogen-bond donors (Lipinski definition) is 1. The highest BCUT2D eigenvalue weighted by atomic mass is 16.2. The molecule has 3 nitrogen and oxygen atoms in total. The van der Waals surface area contributed by atoms with Crippen LogP contribution in [0.5, 0.6) is 0 Å². The molecule has 1 unspecified atom stereocenters. The number of likely N-dealkylation sites (tertiary alicyclic amines) is 1. The van der Waals surface area contributed by atoms with E-state index in [1.54, 1.807) is 0 Å². The Bertz CT molecular complexity index is 248. The highest BCUT2D eigenvalue weighted by molar-refractivity contribution is 5.82. The Morgan fingerprint density at radius 3 is 2.62 bits per heavy atom. The molecule has 0 bridgehead atoms. The molecule has 1 heterocycles. The maximum atomic E-state index is 12.4. The van der Waals surface area contributed by atoms with Crippen molar-refractivity contribution in [2.24, 2.45) is 17.1 Å². The minimum atomic E-state index is -0.245. The average molecular weight is 226 g/mol. The molecule has 0 spiro atoms. The van der Waals surface area contributed by atoms with Gasteiger partial charge in [-0.15, -0.1) is 0 Å². The second kappa shape index (κ2) is 5.17. The van der Waals surface area contributed by atoms with E-state index in [4.69, 9.17) is 5.73 Å². The highest BCUT2D eigenvalue weighted by Gasteiger charge is 2.34. The first-order valence-corrected chi connectivity index (χ1v) is 6.38. The zero-order valence-corrected chi connectivity index (χ0v) is 11.1. The summed E-state index contributed by atoms with van der Waals surface area (Å²) in [5.41, 5.74) is 5.67. The molecule has 3 heteroatoms. The molecule has 1 atom stereocenters. The molecule has 0 aromatic heterocycles. The van der Waals surface area contributed by atoms with E-state index < -0.39 is 0 Å². The number of piperidine rings is 1. The molecule has 1 aliphatic heterocycles. The van der Waals surface area contributed by atoms with Gasteiger partial charge in [0.05, 0.1) is 0 Å². The van der Waals surface area contributed by atoms with Crippen LogP contribution in [0, 0.1) is 11.3 Å². The van der Waals surface area contributed by atoms with E-state index in [0.29, 0.717) is 5.92 Å². The van der Waals surface area contributed by atoms with Gasteiger partial charge >= 0.3 is 0 Å². The molecule has 0 aromatic rings. The number of hydrogen-bond acceptors (Lipinski definition) is 2. The molecule has 1 saturated heterocycles. The molecule has 1 aliphatic rings. The topological polar surface area (TPSA) is 46.3 Å². The van der Waals surface area contributed by atoms with E-state index in [-0.39, 0.29) is 17.4 Å². The summed E-state index contributed by atoms with van der Waals surface area (Å²) in [6, 6.07) is 0.174. The van der Waals surface area contributed by atoms with E-state index in [2.05, 4.69) is 27.7 Å². The predicted octanol–water partition coefficient (Wildman–Crippen LogP) is 2.01. The van der Waals surface area contributed by atoms with Crippen molar-refractivity contribution in [3.05, 3.63) is 0 Å². The van der Waals surface area contributed by atoms with Crippen LogP contribution in [0.3, 0.4) is 0 Å². The highest BCUT2D eigenvalue weighted by Crippen LogP contribution is 2.28. The van der Waals surface area contributed by atoms with Crippen LogP contribution in [0.1, 0.15) is 47.0 Å². The lowest BCUT2D eigenvalue weighted by Crippen LogP contribution is -2.50. The van der Waals surface area contributed by atoms with E-state index in [1.807, 2.05) is 4.90 Å². The summed E-state index contributed by atoms with van der Waals surface area (Å²) < 4.78 is 0. The van der Waals surface area contributed by atoms with Crippen molar-refractivity contribution in [2.45, 2.75) is 53.0 Å². The van der Waals surface area contributed by atoms with Gasteiger partial charge in [-0.2, -0.15) is 0 Å². The smallest absolute Gasteiger partial charge is 0.228 e. The Hall–Kier alpha value is -0.570. The molecule has 0 aliphatic carbocycles. The third-order valence-electron chi connectivity index (χ3n) is 3.24. The molecule has 0 radical (unpaired) electrons. The Balaban J connectivity index is 2.61. The van der Waals surface area contributed by atoms with Crippen LogP contribution in [-0.4, -0.2) is 29.9 Å². The van der Waals surface area contributed by atoms with Crippen LogP contribution in [0.25, 0.3) is 0 Å². The fourth-order valence-corrected chi connectivity index (χ4v) is 2.73. The summed E-state index contributed by atoms with van der Waals surface area (Å²) in [5.74, 6) is 0.828. The number of nitrogens with two attached hydrogens (primary N) is 1. The molecule has 0 saturated carbocycles. The first-order valence-electron chi connectivity index (χ1n) is 6.38. The lowest BCUT2D eigenvalue weighted by atomic mass is 9.82. The van der Waals surface area contributed by atoms with Gasteiger partial charge in [0.1, 0.15) is 0 Å². The maximum absolute atomic E-state index is 12.4. The van der Waals surface area contributed by atoms with E-state index in [9.17, 15) is 4.79 Å². The molecule has 94 valence electrons. The fraction of sp³-hybridized carbons (Fsp3) is 0.923.